The number of rotatable bonds is 4. The molecule has 0 saturated carbocycles. The Morgan fingerprint density at radius 3 is 2.65 bits per heavy atom. The number of ketones is 1. The minimum atomic E-state index is -1.89. The second-order valence-corrected chi connectivity index (χ2v) is 3.46. The minimum Gasteiger partial charge on any atom is -0.479 e. The van der Waals surface area contributed by atoms with Gasteiger partial charge in [-0.15, -0.1) is 4.91 Å². The van der Waals surface area contributed by atoms with Crippen molar-refractivity contribution in [2.75, 3.05) is 0 Å². The van der Waals surface area contributed by atoms with Crippen molar-refractivity contribution >= 4 is 22.7 Å². The van der Waals surface area contributed by atoms with Crippen molar-refractivity contribution in [3.05, 3.63) is 40.9 Å². The van der Waals surface area contributed by atoms with E-state index >= 15 is 0 Å². The first kappa shape index (κ1) is 11.0. The average molecular weight is 232 g/mol. The molecule has 1 aromatic heterocycles. The van der Waals surface area contributed by atoms with E-state index in [-0.39, 0.29) is 5.56 Å². The number of hydrogen-bond donors (Lipinski definition) is 2. The predicted octanol–water partition coefficient (Wildman–Crippen LogP) is 1.57. The number of aromatic nitrogens is 1. The smallest absolute Gasteiger partial charge is 0.340 e. The third-order valence-electron chi connectivity index (χ3n) is 2.44. The molecular formula is C11H8N2O4. The highest BCUT2D eigenvalue weighted by molar-refractivity contribution is 6.17. The monoisotopic (exact) mass is 232 g/mol. The van der Waals surface area contributed by atoms with E-state index in [1.165, 1.54) is 6.20 Å². The molecule has 0 spiro atoms. The first-order chi connectivity index (χ1) is 8.15. The summed E-state index contributed by atoms with van der Waals surface area (Å²) >= 11 is 0. The van der Waals surface area contributed by atoms with Crippen LogP contribution in [-0.2, 0) is 4.79 Å². The molecule has 2 N–H and O–H groups in total. The zero-order valence-electron chi connectivity index (χ0n) is 8.58. The van der Waals surface area contributed by atoms with Crippen LogP contribution < -0.4 is 0 Å². The molecule has 6 nitrogen and oxygen atoms in total. The molecule has 1 atom stereocenters. The van der Waals surface area contributed by atoms with Crippen molar-refractivity contribution in [2.24, 2.45) is 5.18 Å². The van der Waals surface area contributed by atoms with E-state index < -0.39 is 17.8 Å². The molecule has 1 heterocycles. The third kappa shape index (κ3) is 1.80. The molecule has 0 bridgehead atoms. The van der Waals surface area contributed by atoms with Crippen LogP contribution in [0.25, 0.3) is 10.9 Å². The number of Topliss-reactive ketones (excluding diaryl/α,β-unsaturated/α-hetero) is 1. The lowest BCUT2D eigenvalue weighted by Gasteiger charge is -2.01. The van der Waals surface area contributed by atoms with Gasteiger partial charge in [0.1, 0.15) is 0 Å². The topological polar surface area (TPSA) is 99.6 Å². The summed E-state index contributed by atoms with van der Waals surface area (Å²) in [7, 11) is 0. The van der Waals surface area contributed by atoms with Gasteiger partial charge in [-0.05, 0) is 11.2 Å². The average Bonchev–Trinajstić information content (AvgIpc) is 2.72. The van der Waals surface area contributed by atoms with Crippen molar-refractivity contribution in [1.29, 1.82) is 0 Å². The van der Waals surface area contributed by atoms with Crippen LogP contribution in [-0.4, -0.2) is 27.9 Å². The lowest BCUT2D eigenvalue weighted by atomic mass is 10.0. The Labute approximate surface area is 95.2 Å². The molecule has 0 aliphatic carbocycles. The lowest BCUT2D eigenvalue weighted by molar-refractivity contribution is -0.137. The van der Waals surface area contributed by atoms with Crippen LogP contribution in [0.5, 0.6) is 0 Å². The van der Waals surface area contributed by atoms with Gasteiger partial charge in [0.05, 0.1) is 0 Å². The molecule has 0 aliphatic rings. The van der Waals surface area contributed by atoms with Crippen molar-refractivity contribution in [2.45, 2.75) is 6.04 Å². The molecule has 6 heteroatoms. The van der Waals surface area contributed by atoms with Crippen LogP contribution in [0.1, 0.15) is 10.4 Å². The van der Waals surface area contributed by atoms with E-state index in [0.29, 0.717) is 10.9 Å². The number of hydrogen-bond acceptors (Lipinski definition) is 4. The van der Waals surface area contributed by atoms with Gasteiger partial charge in [0, 0.05) is 22.7 Å². The van der Waals surface area contributed by atoms with Crippen molar-refractivity contribution in [1.82, 2.24) is 4.98 Å². The van der Waals surface area contributed by atoms with E-state index in [9.17, 15) is 14.5 Å². The van der Waals surface area contributed by atoms with Crippen molar-refractivity contribution in [3.63, 3.8) is 0 Å². The van der Waals surface area contributed by atoms with Gasteiger partial charge in [-0.3, -0.25) is 4.79 Å². The van der Waals surface area contributed by atoms with Gasteiger partial charge in [0.25, 0.3) is 6.04 Å². The van der Waals surface area contributed by atoms with Crippen LogP contribution in [0, 0.1) is 4.91 Å². The highest BCUT2D eigenvalue weighted by atomic mass is 16.4. The highest BCUT2D eigenvalue weighted by Gasteiger charge is 2.29. The van der Waals surface area contributed by atoms with Gasteiger partial charge in [-0.25, -0.2) is 4.79 Å². The normalized spacial score (nSPS) is 12.2. The summed E-state index contributed by atoms with van der Waals surface area (Å²) in [5.74, 6) is -2.36. The van der Waals surface area contributed by atoms with Crippen molar-refractivity contribution < 1.29 is 14.7 Å². The van der Waals surface area contributed by atoms with E-state index in [0.717, 1.165) is 0 Å². The Kier molecular flexibility index (Phi) is 2.70. The summed E-state index contributed by atoms with van der Waals surface area (Å²) in [6.07, 6.45) is 1.38. The lowest BCUT2D eigenvalue weighted by Crippen LogP contribution is -2.27. The number of benzene rings is 1. The SMILES string of the molecule is O=NC(C(=O)O)C(=O)c1c[nH]c2ccccc12. The molecule has 2 rings (SSSR count). The summed E-state index contributed by atoms with van der Waals surface area (Å²) in [4.78, 5) is 35.7. The van der Waals surface area contributed by atoms with Gasteiger partial charge in [-0.1, -0.05) is 18.2 Å². The summed E-state index contributed by atoms with van der Waals surface area (Å²) in [6.45, 7) is 0. The standard InChI is InChI=1S/C11H8N2O4/c14-10(9(13-17)11(15)16)7-5-12-8-4-2-1-3-6(7)8/h1-5,9,12H,(H,15,16). The molecule has 1 aromatic carbocycles. The van der Waals surface area contributed by atoms with Crippen LogP contribution >= 0.6 is 0 Å². The number of carboxylic acids is 1. The zero-order valence-corrected chi connectivity index (χ0v) is 8.58. The Balaban J connectivity index is 2.50. The Bertz CT molecular complexity index is 602. The molecule has 0 radical (unpaired) electrons. The summed E-state index contributed by atoms with van der Waals surface area (Å²) in [5.41, 5.74) is 0.860. The first-order valence-electron chi connectivity index (χ1n) is 4.80. The molecule has 0 amide bonds. The second kappa shape index (κ2) is 4.17. The number of H-pyrrole nitrogens is 1. The van der Waals surface area contributed by atoms with Crippen LogP contribution in [0.4, 0.5) is 0 Å². The second-order valence-electron chi connectivity index (χ2n) is 3.46. The Morgan fingerprint density at radius 1 is 1.29 bits per heavy atom. The zero-order chi connectivity index (χ0) is 12.4. The molecule has 2 aromatic rings. The number of para-hydroxylation sites is 1. The maximum Gasteiger partial charge on any atom is 0.340 e. The van der Waals surface area contributed by atoms with Gasteiger partial charge in [0.2, 0.25) is 5.78 Å². The van der Waals surface area contributed by atoms with Crippen molar-refractivity contribution in [3.8, 4) is 0 Å². The number of nitrogens with one attached hydrogen (secondary N) is 1. The number of nitrogens with zero attached hydrogens (tertiary/aromatic N) is 1. The number of carboxylic acid groups (broad SMARTS) is 1. The number of aromatic amines is 1. The van der Waals surface area contributed by atoms with E-state index in [2.05, 4.69) is 10.2 Å². The van der Waals surface area contributed by atoms with Gasteiger partial charge in [0.15, 0.2) is 0 Å². The molecule has 0 fully saturated rings. The largest absolute Gasteiger partial charge is 0.479 e. The molecule has 0 saturated heterocycles. The molecular weight excluding hydrogens is 224 g/mol. The Morgan fingerprint density at radius 2 is 2.00 bits per heavy atom. The predicted molar refractivity (Wildman–Crippen MR) is 59.8 cm³/mol. The summed E-state index contributed by atoms with van der Waals surface area (Å²) in [6, 6.07) is 5.02. The fourth-order valence-corrected chi connectivity index (χ4v) is 1.63. The number of carbonyl (C=O) groups excluding carboxylic acids is 1. The maximum absolute atomic E-state index is 11.8. The van der Waals surface area contributed by atoms with E-state index in [1.807, 2.05) is 0 Å². The third-order valence-corrected chi connectivity index (χ3v) is 2.44. The first-order valence-corrected chi connectivity index (χ1v) is 4.80. The highest BCUT2D eigenvalue weighted by Crippen LogP contribution is 2.19. The number of carbonyl (C=O) groups is 2. The van der Waals surface area contributed by atoms with Crippen LogP contribution in [0.2, 0.25) is 0 Å². The van der Waals surface area contributed by atoms with Gasteiger partial charge < -0.3 is 10.1 Å². The fourth-order valence-electron chi connectivity index (χ4n) is 1.63. The van der Waals surface area contributed by atoms with Gasteiger partial charge in [-0.2, -0.15) is 0 Å². The summed E-state index contributed by atoms with van der Waals surface area (Å²) in [5, 5.41) is 11.6. The molecule has 86 valence electrons. The van der Waals surface area contributed by atoms with Crippen LogP contribution in [0.15, 0.2) is 35.6 Å². The van der Waals surface area contributed by atoms with Crippen LogP contribution in [0.3, 0.4) is 0 Å². The number of aliphatic carboxylic acids is 1. The van der Waals surface area contributed by atoms with E-state index in [4.69, 9.17) is 5.11 Å². The fraction of sp³-hybridized carbons (Fsp3) is 0.0909. The van der Waals surface area contributed by atoms with E-state index in [1.54, 1.807) is 24.3 Å². The molecule has 1 unspecified atom stereocenters. The summed E-state index contributed by atoms with van der Waals surface area (Å²) < 4.78 is 0. The number of fused-ring (bicyclic) bond motifs is 1. The minimum absolute atomic E-state index is 0.160. The molecule has 0 aliphatic heterocycles. The van der Waals surface area contributed by atoms with Gasteiger partial charge >= 0.3 is 5.97 Å². The quantitative estimate of drug-likeness (QED) is 0.474. The molecule has 17 heavy (non-hydrogen) atoms. The maximum atomic E-state index is 11.8. The Hall–Kier alpha value is -2.50. The number of nitroso groups, excluding NO2 is 1.